The molecule has 0 heterocycles. The molecule has 0 amide bonds. The van der Waals surface area contributed by atoms with Crippen LogP contribution >= 0.6 is 12.4 Å². The van der Waals surface area contributed by atoms with Gasteiger partial charge in [0.25, 0.3) is 0 Å². The molecule has 0 spiro atoms. The summed E-state index contributed by atoms with van der Waals surface area (Å²) in [5.74, 6) is 2.14. The molecule has 0 radical (unpaired) electrons. The van der Waals surface area contributed by atoms with Gasteiger partial charge in [0.15, 0.2) is 11.5 Å². The van der Waals surface area contributed by atoms with Gasteiger partial charge < -0.3 is 15.2 Å². The number of hydrogen-bond acceptors (Lipinski definition) is 3. The second-order valence-corrected chi connectivity index (χ2v) is 6.26. The summed E-state index contributed by atoms with van der Waals surface area (Å²) in [6.45, 7) is 4.96. The van der Waals surface area contributed by atoms with E-state index in [9.17, 15) is 0 Å². The minimum Gasteiger partial charge on any atom is -0.493 e. The van der Waals surface area contributed by atoms with Gasteiger partial charge in [-0.1, -0.05) is 50.2 Å². The Hall–Kier alpha value is -1.71. The van der Waals surface area contributed by atoms with E-state index in [1.807, 2.05) is 48.5 Å². The fraction of sp³-hybridized carbons (Fsp3) is 0.400. The zero-order valence-electron chi connectivity index (χ0n) is 14.7. The van der Waals surface area contributed by atoms with Gasteiger partial charge in [0, 0.05) is 6.04 Å². The van der Waals surface area contributed by atoms with Gasteiger partial charge in [-0.2, -0.15) is 0 Å². The van der Waals surface area contributed by atoms with Crippen molar-refractivity contribution in [2.75, 3.05) is 7.11 Å². The number of rotatable bonds is 8. The van der Waals surface area contributed by atoms with Gasteiger partial charge in [0.2, 0.25) is 0 Å². The van der Waals surface area contributed by atoms with E-state index < -0.39 is 0 Å². The second kappa shape index (κ2) is 10.2. The number of nitrogens with two attached hydrogens (primary N) is 1. The Labute approximate surface area is 151 Å². The van der Waals surface area contributed by atoms with Crippen LogP contribution in [0.15, 0.2) is 48.5 Å². The van der Waals surface area contributed by atoms with Crippen molar-refractivity contribution >= 4 is 12.4 Å². The number of methoxy groups -OCH3 is 1. The molecule has 2 aromatic carbocycles. The Balaban J connectivity index is 0.00000288. The van der Waals surface area contributed by atoms with E-state index in [-0.39, 0.29) is 18.4 Å². The number of halogens is 1. The van der Waals surface area contributed by atoms with Crippen LogP contribution in [0.25, 0.3) is 0 Å². The van der Waals surface area contributed by atoms with Crippen molar-refractivity contribution in [3.05, 3.63) is 59.7 Å². The summed E-state index contributed by atoms with van der Waals surface area (Å²) in [7, 11) is 1.66. The van der Waals surface area contributed by atoms with Gasteiger partial charge in [-0.05, 0) is 42.0 Å². The van der Waals surface area contributed by atoms with Crippen molar-refractivity contribution in [2.45, 2.75) is 39.3 Å². The molecular weight excluding hydrogens is 322 g/mol. The van der Waals surface area contributed by atoms with E-state index in [1.165, 1.54) is 0 Å². The van der Waals surface area contributed by atoms with Crippen LogP contribution in [-0.4, -0.2) is 7.11 Å². The highest BCUT2D eigenvalue weighted by molar-refractivity contribution is 5.85. The molecule has 2 aromatic rings. The highest BCUT2D eigenvalue weighted by Crippen LogP contribution is 2.31. The molecule has 0 aromatic heterocycles. The number of benzene rings is 2. The third kappa shape index (κ3) is 6.06. The summed E-state index contributed by atoms with van der Waals surface area (Å²) in [6, 6.07) is 16.1. The fourth-order valence-corrected chi connectivity index (χ4v) is 2.45. The molecule has 0 saturated carbocycles. The van der Waals surface area contributed by atoms with Crippen LogP contribution in [0, 0.1) is 5.92 Å². The molecule has 1 atom stereocenters. The van der Waals surface area contributed by atoms with Crippen molar-refractivity contribution in [2.24, 2.45) is 11.7 Å². The third-order valence-electron chi connectivity index (χ3n) is 3.91. The van der Waals surface area contributed by atoms with Crippen LogP contribution in [0.5, 0.6) is 11.5 Å². The normalized spacial score (nSPS) is 11.7. The van der Waals surface area contributed by atoms with Gasteiger partial charge in [-0.15, -0.1) is 12.4 Å². The van der Waals surface area contributed by atoms with E-state index in [0.29, 0.717) is 12.5 Å². The molecule has 0 aliphatic carbocycles. The van der Waals surface area contributed by atoms with E-state index in [2.05, 4.69) is 13.8 Å². The third-order valence-corrected chi connectivity index (χ3v) is 3.91. The summed E-state index contributed by atoms with van der Waals surface area (Å²) in [4.78, 5) is 0. The molecule has 4 heteroatoms. The lowest BCUT2D eigenvalue weighted by atomic mass is 9.98. The fourth-order valence-electron chi connectivity index (χ4n) is 2.45. The highest BCUT2D eigenvalue weighted by atomic mass is 35.5. The first-order chi connectivity index (χ1) is 11.1. The van der Waals surface area contributed by atoms with Crippen molar-refractivity contribution in [3.8, 4) is 11.5 Å². The molecule has 0 bridgehead atoms. The first-order valence-electron chi connectivity index (χ1n) is 8.20. The predicted molar refractivity (Wildman–Crippen MR) is 102 cm³/mol. The number of hydrogen-bond donors (Lipinski definition) is 1. The van der Waals surface area contributed by atoms with E-state index in [4.69, 9.17) is 15.2 Å². The summed E-state index contributed by atoms with van der Waals surface area (Å²) in [5, 5.41) is 0. The molecule has 132 valence electrons. The topological polar surface area (TPSA) is 44.5 Å². The Kier molecular flexibility index (Phi) is 8.66. The van der Waals surface area contributed by atoms with Crippen LogP contribution in [0.4, 0.5) is 0 Å². The number of ether oxygens (including phenoxy) is 2. The maximum atomic E-state index is 6.29. The Morgan fingerprint density at radius 3 is 2.29 bits per heavy atom. The maximum absolute atomic E-state index is 6.29. The van der Waals surface area contributed by atoms with Crippen molar-refractivity contribution in [1.29, 1.82) is 0 Å². The van der Waals surface area contributed by atoms with Crippen molar-refractivity contribution < 1.29 is 9.47 Å². The van der Waals surface area contributed by atoms with Crippen LogP contribution in [0.3, 0.4) is 0 Å². The minimum absolute atomic E-state index is 0. The average Bonchev–Trinajstić information content (AvgIpc) is 2.58. The maximum Gasteiger partial charge on any atom is 0.161 e. The van der Waals surface area contributed by atoms with E-state index in [0.717, 1.165) is 35.5 Å². The summed E-state index contributed by atoms with van der Waals surface area (Å²) >= 11 is 0. The van der Waals surface area contributed by atoms with Gasteiger partial charge in [0.1, 0.15) is 6.61 Å². The smallest absolute Gasteiger partial charge is 0.161 e. The van der Waals surface area contributed by atoms with Gasteiger partial charge >= 0.3 is 0 Å². The highest BCUT2D eigenvalue weighted by Gasteiger charge is 2.12. The Morgan fingerprint density at radius 1 is 0.958 bits per heavy atom. The van der Waals surface area contributed by atoms with E-state index in [1.54, 1.807) is 7.11 Å². The Bertz CT molecular complexity index is 602. The monoisotopic (exact) mass is 349 g/mol. The second-order valence-electron chi connectivity index (χ2n) is 6.26. The predicted octanol–water partition coefficient (Wildman–Crippen LogP) is 5.13. The van der Waals surface area contributed by atoms with E-state index >= 15 is 0 Å². The largest absolute Gasteiger partial charge is 0.493 e. The lowest BCUT2D eigenvalue weighted by molar-refractivity contribution is 0.284. The van der Waals surface area contributed by atoms with Gasteiger partial charge in [0.05, 0.1) is 7.11 Å². The molecule has 0 fully saturated rings. The zero-order valence-corrected chi connectivity index (χ0v) is 15.5. The quantitative estimate of drug-likeness (QED) is 0.718. The van der Waals surface area contributed by atoms with Crippen LogP contribution < -0.4 is 15.2 Å². The van der Waals surface area contributed by atoms with Crippen LogP contribution in [-0.2, 0) is 6.61 Å². The summed E-state index contributed by atoms with van der Waals surface area (Å²) in [5.41, 5.74) is 8.51. The molecule has 0 unspecified atom stereocenters. The molecular formula is C20H28ClNO2. The molecule has 0 aliphatic rings. The molecule has 0 aliphatic heterocycles. The first kappa shape index (κ1) is 20.3. The van der Waals surface area contributed by atoms with Gasteiger partial charge in [-0.25, -0.2) is 0 Å². The van der Waals surface area contributed by atoms with Crippen LogP contribution in [0.1, 0.15) is 43.9 Å². The van der Waals surface area contributed by atoms with Crippen LogP contribution in [0.2, 0.25) is 0 Å². The average molecular weight is 350 g/mol. The van der Waals surface area contributed by atoms with Gasteiger partial charge in [-0.3, -0.25) is 0 Å². The standard InChI is InChI=1S/C20H27NO2.ClH/c1-15(2)9-11-18(21)17-10-12-19(20(13-17)22-3)23-14-16-7-5-4-6-8-16;/h4-8,10,12-13,15,18H,9,11,14,21H2,1-3H3;1H/t18-;/m1./s1. The molecule has 0 saturated heterocycles. The summed E-state index contributed by atoms with van der Waals surface area (Å²) < 4.78 is 11.4. The molecule has 2 rings (SSSR count). The lowest BCUT2D eigenvalue weighted by Gasteiger charge is -2.17. The summed E-state index contributed by atoms with van der Waals surface area (Å²) in [6.07, 6.45) is 2.10. The Morgan fingerprint density at radius 2 is 1.67 bits per heavy atom. The van der Waals surface area contributed by atoms with Crippen molar-refractivity contribution in [3.63, 3.8) is 0 Å². The molecule has 24 heavy (non-hydrogen) atoms. The first-order valence-corrected chi connectivity index (χ1v) is 8.20. The van der Waals surface area contributed by atoms with Crippen molar-refractivity contribution in [1.82, 2.24) is 0 Å². The lowest BCUT2D eigenvalue weighted by Crippen LogP contribution is -2.11. The molecule has 2 N–H and O–H groups in total. The SMILES string of the molecule is COc1cc([C@H](N)CCC(C)C)ccc1OCc1ccccc1.Cl. The molecule has 3 nitrogen and oxygen atoms in total. The minimum atomic E-state index is 0. The zero-order chi connectivity index (χ0) is 16.7.